The van der Waals surface area contributed by atoms with Crippen LogP contribution in [-0.4, -0.2) is 0 Å². The Kier molecular flexibility index (Phi) is 4.34. The molecule has 0 spiro atoms. The van der Waals surface area contributed by atoms with Crippen LogP contribution in [0.25, 0.3) is 0 Å². The lowest BCUT2D eigenvalue weighted by Gasteiger charge is -2.11. The largest absolute Gasteiger partial charge is 0.489 e. The van der Waals surface area contributed by atoms with Crippen molar-refractivity contribution in [1.29, 1.82) is 0 Å². The van der Waals surface area contributed by atoms with E-state index in [1.165, 1.54) is 12.1 Å². The summed E-state index contributed by atoms with van der Waals surface area (Å²) >= 11 is 2.16. The Labute approximate surface area is 122 Å². The summed E-state index contributed by atoms with van der Waals surface area (Å²) < 4.78 is 44.0. The predicted octanol–water partition coefficient (Wildman–Crippen LogP) is 4.89. The molecular weight excluding hydrogens is 368 g/mol. The first kappa shape index (κ1) is 14.2. The van der Waals surface area contributed by atoms with Crippen LogP contribution in [-0.2, 0) is 12.8 Å². The highest BCUT2D eigenvalue weighted by atomic mass is 127. The standard InChI is InChI=1S/C14H10F3IO/c15-14(16,17)11-5-3-6-12(8-11)19-9-10-4-1-2-7-13(10)18/h1-8H,9H2. The van der Waals surface area contributed by atoms with E-state index in [-0.39, 0.29) is 12.4 Å². The quantitative estimate of drug-likeness (QED) is 0.692. The van der Waals surface area contributed by atoms with Gasteiger partial charge >= 0.3 is 6.18 Å². The molecule has 0 radical (unpaired) electrons. The molecule has 0 aliphatic carbocycles. The summed E-state index contributed by atoms with van der Waals surface area (Å²) in [6.07, 6.45) is -4.35. The molecule has 0 atom stereocenters. The molecule has 0 amide bonds. The van der Waals surface area contributed by atoms with Gasteiger partial charge in [0.1, 0.15) is 12.4 Å². The zero-order valence-corrected chi connectivity index (χ0v) is 11.9. The summed E-state index contributed by atoms with van der Waals surface area (Å²) in [7, 11) is 0. The van der Waals surface area contributed by atoms with E-state index in [1.807, 2.05) is 24.3 Å². The monoisotopic (exact) mass is 378 g/mol. The summed E-state index contributed by atoms with van der Waals surface area (Å²) in [6.45, 7) is 0.250. The van der Waals surface area contributed by atoms with E-state index >= 15 is 0 Å². The Hall–Kier alpha value is -1.24. The average molecular weight is 378 g/mol. The van der Waals surface area contributed by atoms with Crippen LogP contribution < -0.4 is 4.74 Å². The van der Waals surface area contributed by atoms with Gasteiger partial charge in [0.15, 0.2) is 0 Å². The second kappa shape index (κ2) is 5.81. The molecule has 0 N–H and O–H groups in total. The second-order valence-corrected chi connectivity index (χ2v) is 5.07. The van der Waals surface area contributed by atoms with Gasteiger partial charge in [0, 0.05) is 9.13 Å². The van der Waals surface area contributed by atoms with Crippen LogP contribution in [0.3, 0.4) is 0 Å². The molecule has 0 saturated carbocycles. The number of hydrogen-bond acceptors (Lipinski definition) is 1. The average Bonchev–Trinajstić information content (AvgIpc) is 2.37. The van der Waals surface area contributed by atoms with Crippen molar-refractivity contribution >= 4 is 22.6 Å². The van der Waals surface area contributed by atoms with Gasteiger partial charge in [-0.25, -0.2) is 0 Å². The van der Waals surface area contributed by atoms with Crippen LogP contribution in [0.4, 0.5) is 13.2 Å². The third-order valence-corrected chi connectivity index (χ3v) is 3.57. The topological polar surface area (TPSA) is 9.23 Å². The molecule has 100 valence electrons. The first-order valence-electron chi connectivity index (χ1n) is 5.50. The van der Waals surface area contributed by atoms with Gasteiger partial charge in [-0.05, 0) is 46.9 Å². The normalized spacial score (nSPS) is 11.4. The molecule has 0 heterocycles. The summed E-state index contributed by atoms with van der Waals surface area (Å²) in [5, 5.41) is 0. The third-order valence-electron chi connectivity index (χ3n) is 2.51. The van der Waals surface area contributed by atoms with E-state index in [4.69, 9.17) is 4.74 Å². The van der Waals surface area contributed by atoms with Crippen molar-refractivity contribution in [3.63, 3.8) is 0 Å². The molecule has 2 aromatic carbocycles. The Bertz CT molecular complexity index is 567. The van der Waals surface area contributed by atoms with E-state index in [0.29, 0.717) is 0 Å². The zero-order valence-electron chi connectivity index (χ0n) is 9.75. The second-order valence-electron chi connectivity index (χ2n) is 3.91. The first-order chi connectivity index (χ1) is 8.97. The van der Waals surface area contributed by atoms with E-state index in [2.05, 4.69) is 22.6 Å². The lowest BCUT2D eigenvalue weighted by atomic mass is 10.2. The highest BCUT2D eigenvalue weighted by molar-refractivity contribution is 14.1. The lowest BCUT2D eigenvalue weighted by Crippen LogP contribution is -2.05. The Morgan fingerprint density at radius 2 is 1.74 bits per heavy atom. The molecule has 19 heavy (non-hydrogen) atoms. The fraction of sp³-hybridized carbons (Fsp3) is 0.143. The van der Waals surface area contributed by atoms with Crippen molar-refractivity contribution in [2.45, 2.75) is 12.8 Å². The number of halogens is 4. The van der Waals surface area contributed by atoms with Gasteiger partial charge in [0.25, 0.3) is 0 Å². The van der Waals surface area contributed by atoms with Gasteiger partial charge in [-0.3, -0.25) is 0 Å². The van der Waals surface area contributed by atoms with Crippen LogP contribution >= 0.6 is 22.6 Å². The fourth-order valence-corrected chi connectivity index (χ4v) is 2.08. The van der Waals surface area contributed by atoms with Gasteiger partial charge in [0.2, 0.25) is 0 Å². The third kappa shape index (κ3) is 3.86. The molecule has 0 unspecified atom stereocenters. The minimum absolute atomic E-state index is 0.217. The minimum atomic E-state index is -4.35. The number of hydrogen-bond donors (Lipinski definition) is 0. The van der Waals surface area contributed by atoms with Crippen LogP contribution in [0.5, 0.6) is 5.75 Å². The molecule has 0 aliphatic rings. The van der Waals surface area contributed by atoms with Crippen molar-refractivity contribution in [1.82, 2.24) is 0 Å². The van der Waals surface area contributed by atoms with E-state index in [0.717, 1.165) is 21.3 Å². The van der Waals surface area contributed by atoms with E-state index in [9.17, 15) is 13.2 Å². The molecule has 0 aromatic heterocycles. The van der Waals surface area contributed by atoms with Crippen molar-refractivity contribution in [3.05, 3.63) is 63.2 Å². The van der Waals surface area contributed by atoms with Gasteiger partial charge in [-0.1, -0.05) is 24.3 Å². The summed E-state index contributed by atoms with van der Waals surface area (Å²) in [6, 6.07) is 12.5. The highest BCUT2D eigenvalue weighted by Crippen LogP contribution is 2.31. The molecule has 0 fully saturated rings. The molecule has 0 saturated heterocycles. The summed E-state index contributed by atoms with van der Waals surface area (Å²) in [5.74, 6) is 0.217. The number of rotatable bonds is 3. The number of benzene rings is 2. The van der Waals surface area contributed by atoms with Crippen LogP contribution in [0.15, 0.2) is 48.5 Å². The number of ether oxygens (including phenoxy) is 1. The molecule has 1 nitrogen and oxygen atoms in total. The maximum absolute atomic E-state index is 12.5. The molecule has 5 heteroatoms. The smallest absolute Gasteiger partial charge is 0.416 e. The summed E-state index contributed by atoms with van der Waals surface area (Å²) in [4.78, 5) is 0. The van der Waals surface area contributed by atoms with Crippen molar-refractivity contribution in [3.8, 4) is 5.75 Å². The first-order valence-corrected chi connectivity index (χ1v) is 6.58. The van der Waals surface area contributed by atoms with E-state index in [1.54, 1.807) is 0 Å². The summed E-state index contributed by atoms with van der Waals surface area (Å²) in [5.41, 5.74) is 0.244. The minimum Gasteiger partial charge on any atom is -0.489 e. The van der Waals surface area contributed by atoms with Crippen molar-refractivity contribution in [2.24, 2.45) is 0 Å². The Morgan fingerprint density at radius 3 is 2.42 bits per heavy atom. The lowest BCUT2D eigenvalue weighted by molar-refractivity contribution is -0.137. The number of alkyl halides is 3. The predicted molar refractivity (Wildman–Crippen MR) is 74.9 cm³/mol. The molecule has 2 aromatic rings. The van der Waals surface area contributed by atoms with Crippen LogP contribution in [0.1, 0.15) is 11.1 Å². The van der Waals surface area contributed by atoms with Crippen molar-refractivity contribution in [2.75, 3.05) is 0 Å². The maximum atomic E-state index is 12.5. The van der Waals surface area contributed by atoms with Gasteiger partial charge in [-0.15, -0.1) is 0 Å². The van der Waals surface area contributed by atoms with Gasteiger partial charge < -0.3 is 4.74 Å². The van der Waals surface area contributed by atoms with Crippen molar-refractivity contribution < 1.29 is 17.9 Å². The molecule has 0 bridgehead atoms. The maximum Gasteiger partial charge on any atom is 0.416 e. The highest BCUT2D eigenvalue weighted by Gasteiger charge is 2.30. The van der Waals surface area contributed by atoms with Gasteiger partial charge in [0.05, 0.1) is 5.56 Å². The van der Waals surface area contributed by atoms with Gasteiger partial charge in [-0.2, -0.15) is 13.2 Å². The van der Waals surface area contributed by atoms with E-state index < -0.39 is 11.7 Å². The Morgan fingerprint density at radius 1 is 1.00 bits per heavy atom. The SMILES string of the molecule is FC(F)(F)c1cccc(OCc2ccccc2I)c1. The molecule has 2 rings (SSSR count). The fourth-order valence-electron chi connectivity index (χ4n) is 1.54. The molecular formula is C14H10F3IO. The van der Waals surface area contributed by atoms with Crippen LogP contribution in [0.2, 0.25) is 0 Å². The Balaban J connectivity index is 2.10. The zero-order chi connectivity index (χ0) is 13.9. The molecule has 0 aliphatic heterocycles. The van der Waals surface area contributed by atoms with Crippen LogP contribution in [0, 0.1) is 3.57 Å².